The second-order valence-corrected chi connectivity index (χ2v) is 6.59. The molecule has 1 aromatic rings. The smallest absolute Gasteiger partial charge is 0.331 e. The molecule has 0 bridgehead atoms. The lowest BCUT2D eigenvalue weighted by Crippen LogP contribution is -2.56. The molecule has 3 rings (SSSR count). The number of nitrogens with zero attached hydrogens (tertiary/aromatic N) is 1. The van der Waals surface area contributed by atoms with Crippen LogP contribution in [-0.4, -0.2) is 48.2 Å². The van der Waals surface area contributed by atoms with Crippen LogP contribution in [0.3, 0.4) is 0 Å². The maximum absolute atomic E-state index is 13.6. The molecule has 0 spiro atoms. The number of anilines is 1. The maximum Gasteiger partial charge on any atom is 0.331 e. The fraction of sp³-hybridized carbons (Fsp3) is 0.438. The largest absolute Gasteiger partial charge is 0.479 e. The predicted octanol–water partition coefficient (Wildman–Crippen LogP) is 1.19. The van der Waals surface area contributed by atoms with E-state index >= 15 is 0 Å². The van der Waals surface area contributed by atoms with E-state index in [1.165, 1.54) is 17.0 Å². The number of rotatable bonds is 4. The van der Waals surface area contributed by atoms with Crippen LogP contribution in [0.25, 0.3) is 0 Å². The number of benzene rings is 1. The summed E-state index contributed by atoms with van der Waals surface area (Å²) < 4.78 is 18.7. The molecular weight excluding hydrogens is 355 g/mol. The van der Waals surface area contributed by atoms with Crippen molar-refractivity contribution in [3.63, 3.8) is 0 Å². The lowest BCUT2D eigenvalue weighted by atomic mass is 9.97. The first-order chi connectivity index (χ1) is 11.8. The van der Waals surface area contributed by atoms with Gasteiger partial charge in [-0.15, -0.1) is 0 Å². The standard InChI is InChI=1S/C16H16ClFN2O5/c17-11-2-1-10(6-12(11)18)20-7-9(5-13(20)21)14(22)19-16(15(23)24)3-4-25-8-16/h1-2,6,9H,3-5,7-8H2,(H,19,22)(H,23,24). The zero-order valence-electron chi connectivity index (χ0n) is 13.1. The van der Waals surface area contributed by atoms with Gasteiger partial charge in [0.05, 0.1) is 17.5 Å². The third-order valence-electron chi connectivity index (χ3n) is 4.50. The van der Waals surface area contributed by atoms with Crippen LogP contribution < -0.4 is 10.2 Å². The molecule has 2 amide bonds. The monoisotopic (exact) mass is 370 g/mol. The Bertz CT molecular complexity index is 735. The Morgan fingerprint density at radius 1 is 1.44 bits per heavy atom. The lowest BCUT2D eigenvalue weighted by Gasteiger charge is -2.25. The predicted molar refractivity (Wildman–Crippen MR) is 85.8 cm³/mol. The Balaban J connectivity index is 1.72. The average Bonchev–Trinajstić information content (AvgIpc) is 3.18. The zero-order chi connectivity index (χ0) is 18.2. The third kappa shape index (κ3) is 3.32. The summed E-state index contributed by atoms with van der Waals surface area (Å²) in [5.74, 6) is -3.41. The summed E-state index contributed by atoms with van der Waals surface area (Å²) in [6.07, 6.45) is 0.0908. The minimum Gasteiger partial charge on any atom is -0.479 e. The van der Waals surface area contributed by atoms with Gasteiger partial charge in [0.15, 0.2) is 5.54 Å². The highest BCUT2D eigenvalue weighted by atomic mass is 35.5. The molecule has 2 heterocycles. The fourth-order valence-electron chi connectivity index (χ4n) is 3.01. The second-order valence-electron chi connectivity index (χ2n) is 6.18. The topological polar surface area (TPSA) is 95.9 Å². The molecule has 0 saturated carbocycles. The van der Waals surface area contributed by atoms with Crippen LogP contribution in [0.1, 0.15) is 12.8 Å². The van der Waals surface area contributed by atoms with E-state index in [0.29, 0.717) is 5.69 Å². The molecule has 7 nitrogen and oxygen atoms in total. The Hall–Kier alpha value is -2.19. The maximum atomic E-state index is 13.6. The van der Waals surface area contributed by atoms with Crippen molar-refractivity contribution < 1.29 is 28.6 Å². The van der Waals surface area contributed by atoms with Crippen molar-refractivity contribution in [3.05, 3.63) is 29.0 Å². The zero-order valence-corrected chi connectivity index (χ0v) is 13.9. The summed E-state index contributed by atoms with van der Waals surface area (Å²) in [6.45, 7) is 0.176. The first-order valence-corrected chi connectivity index (χ1v) is 8.09. The van der Waals surface area contributed by atoms with E-state index in [2.05, 4.69) is 5.32 Å². The third-order valence-corrected chi connectivity index (χ3v) is 4.81. The molecule has 2 aliphatic rings. The lowest BCUT2D eigenvalue weighted by molar-refractivity contribution is -0.148. The van der Waals surface area contributed by atoms with Crippen molar-refractivity contribution in [2.75, 3.05) is 24.7 Å². The van der Waals surface area contributed by atoms with Crippen LogP contribution in [0.2, 0.25) is 5.02 Å². The normalized spacial score (nSPS) is 26.1. The van der Waals surface area contributed by atoms with Gasteiger partial charge in [-0.05, 0) is 18.2 Å². The molecule has 134 valence electrons. The summed E-state index contributed by atoms with van der Waals surface area (Å²) in [6, 6.07) is 3.96. The van der Waals surface area contributed by atoms with Gasteiger partial charge in [-0.25, -0.2) is 9.18 Å². The molecule has 2 aliphatic heterocycles. The number of amides is 2. The summed E-state index contributed by atoms with van der Waals surface area (Å²) in [5, 5.41) is 11.8. The molecule has 2 N–H and O–H groups in total. The van der Waals surface area contributed by atoms with Gasteiger partial charge in [0.25, 0.3) is 0 Å². The van der Waals surface area contributed by atoms with E-state index in [4.69, 9.17) is 16.3 Å². The molecule has 25 heavy (non-hydrogen) atoms. The Kier molecular flexibility index (Phi) is 4.66. The quantitative estimate of drug-likeness (QED) is 0.830. The number of ether oxygens (including phenoxy) is 1. The van der Waals surface area contributed by atoms with Crippen LogP contribution in [0.5, 0.6) is 0 Å². The first kappa shape index (κ1) is 17.6. The molecule has 9 heteroatoms. The van der Waals surface area contributed by atoms with Gasteiger partial charge in [0.1, 0.15) is 5.82 Å². The van der Waals surface area contributed by atoms with Crippen LogP contribution in [-0.2, 0) is 19.1 Å². The molecule has 0 aliphatic carbocycles. The summed E-state index contributed by atoms with van der Waals surface area (Å²) in [5.41, 5.74) is -1.15. The van der Waals surface area contributed by atoms with E-state index in [1.54, 1.807) is 0 Å². The number of hydrogen-bond donors (Lipinski definition) is 2. The molecule has 0 aromatic heterocycles. The molecule has 2 fully saturated rings. The van der Waals surface area contributed by atoms with Gasteiger partial charge in [0.2, 0.25) is 11.8 Å². The number of carboxylic acids is 1. The number of aliphatic carboxylic acids is 1. The van der Waals surface area contributed by atoms with E-state index in [-0.39, 0.29) is 43.5 Å². The Labute approximate surface area is 147 Å². The van der Waals surface area contributed by atoms with Crippen LogP contribution >= 0.6 is 11.6 Å². The van der Waals surface area contributed by atoms with E-state index < -0.39 is 29.2 Å². The van der Waals surface area contributed by atoms with Crippen molar-refractivity contribution in [2.45, 2.75) is 18.4 Å². The van der Waals surface area contributed by atoms with Gasteiger partial charge in [-0.2, -0.15) is 0 Å². The Morgan fingerprint density at radius 3 is 2.80 bits per heavy atom. The number of nitrogens with one attached hydrogen (secondary N) is 1. The van der Waals surface area contributed by atoms with Crippen LogP contribution in [0, 0.1) is 11.7 Å². The van der Waals surface area contributed by atoms with Gasteiger partial charge < -0.3 is 20.1 Å². The molecule has 0 radical (unpaired) electrons. The van der Waals surface area contributed by atoms with E-state index in [9.17, 15) is 23.9 Å². The van der Waals surface area contributed by atoms with E-state index in [0.717, 1.165) is 6.07 Å². The van der Waals surface area contributed by atoms with Crippen LogP contribution in [0.4, 0.5) is 10.1 Å². The highest BCUT2D eigenvalue weighted by Crippen LogP contribution is 2.29. The van der Waals surface area contributed by atoms with Gasteiger partial charge >= 0.3 is 5.97 Å². The summed E-state index contributed by atoms with van der Waals surface area (Å²) in [4.78, 5) is 37.4. The fourth-order valence-corrected chi connectivity index (χ4v) is 3.13. The molecule has 1 aromatic carbocycles. The molecule has 2 saturated heterocycles. The minimum atomic E-state index is -1.46. The van der Waals surface area contributed by atoms with Crippen molar-refractivity contribution >= 4 is 35.1 Å². The highest BCUT2D eigenvalue weighted by molar-refractivity contribution is 6.30. The van der Waals surface area contributed by atoms with Crippen molar-refractivity contribution in [1.29, 1.82) is 0 Å². The number of carbonyl (C=O) groups excluding carboxylic acids is 2. The van der Waals surface area contributed by atoms with E-state index in [1.807, 2.05) is 0 Å². The number of carbonyl (C=O) groups is 3. The minimum absolute atomic E-state index is 0.0439. The molecule has 2 unspecified atom stereocenters. The SMILES string of the molecule is O=C(NC1(C(=O)O)CCOC1)C1CC(=O)N(c2ccc(Cl)c(F)c2)C1. The van der Waals surface area contributed by atoms with Gasteiger partial charge in [-0.1, -0.05) is 11.6 Å². The van der Waals surface area contributed by atoms with Crippen molar-refractivity contribution in [1.82, 2.24) is 5.32 Å². The van der Waals surface area contributed by atoms with Gasteiger partial charge in [0, 0.05) is 31.7 Å². The first-order valence-electron chi connectivity index (χ1n) is 7.71. The average molecular weight is 371 g/mol. The highest BCUT2D eigenvalue weighted by Gasteiger charge is 2.46. The number of halogens is 2. The number of carboxylic acid groups (broad SMARTS) is 1. The summed E-state index contributed by atoms with van der Waals surface area (Å²) >= 11 is 5.63. The second kappa shape index (κ2) is 6.61. The van der Waals surface area contributed by atoms with Crippen molar-refractivity contribution in [3.8, 4) is 0 Å². The molecule has 2 atom stereocenters. The molecular formula is C16H16ClFN2O5. The Morgan fingerprint density at radius 2 is 2.20 bits per heavy atom. The number of hydrogen-bond acceptors (Lipinski definition) is 4. The summed E-state index contributed by atoms with van der Waals surface area (Å²) in [7, 11) is 0. The van der Waals surface area contributed by atoms with Crippen LogP contribution in [0.15, 0.2) is 18.2 Å². The van der Waals surface area contributed by atoms with Gasteiger partial charge in [-0.3, -0.25) is 9.59 Å². The van der Waals surface area contributed by atoms with Crippen molar-refractivity contribution in [2.24, 2.45) is 5.92 Å².